The molecule has 0 saturated carbocycles. The summed E-state index contributed by atoms with van der Waals surface area (Å²) in [5.74, 6) is -0.108. The Labute approximate surface area is 106 Å². The summed E-state index contributed by atoms with van der Waals surface area (Å²) in [5, 5.41) is 0.753. The maximum atomic E-state index is 13.4. The molecule has 0 bridgehead atoms. The highest BCUT2D eigenvalue weighted by Gasteiger charge is 2.00. The molecule has 2 rings (SSSR count). The summed E-state index contributed by atoms with van der Waals surface area (Å²) < 4.78 is 13.4. The van der Waals surface area contributed by atoms with E-state index in [0.717, 1.165) is 29.8 Å². The smallest absolute Gasteiger partial charge is 0.126 e. The Morgan fingerprint density at radius 3 is 2.29 bits per heavy atom. The molecule has 2 heteroatoms. The van der Waals surface area contributed by atoms with Gasteiger partial charge in [-0.1, -0.05) is 41.9 Å². The molecule has 0 heterocycles. The summed E-state index contributed by atoms with van der Waals surface area (Å²) in [6, 6.07) is 14.8. The molecule has 2 aromatic carbocycles. The molecule has 0 aliphatic heterocycles. The lowest BCUT2D eigenvalue weighted by Gasteiger charge is -2.03. The summed E-state index contributed by atoms with van der Waals surface area (Å²) in [6.45, 7) is 0. The lowest BCUT2D eigenvalue weighted by molar-refractivity contribution is 0.604. The Morgan fingerprint density at radius 2 is 1.59 bits per heavy atom. The molecule has 0 aliphatic rings. The second kappa shape index (κ2) is 5.83. The zero-order chi connectivity index (χ0) is 12.1. The standard InChI is InChI=1S/C15H14ClF/c16-14-10-8-12(9-11-14)4-3-6-13-5-1-2-7-15(13)17/h1-2,5,7-11H,3-4,6H2. The average Bonchev–Trinajstić information content (AvgIpc) is 2.34. The Bertz CT molecular complexity index is 477. The minimum Gasteiger partial charge on any atom is -0.207 e. The number of rotatable bonds is 4. The second-order valence-corrected chi connectivity index (χ2v) is 4.51. The lowest BCUT2D eigenvalue weighted by atomic mass is 10.0. The minimum absolute atomic E-state index is 0.108. The normalized spacial score (nSPS) is 10.5. The van der Waals surface area contributed by atoms with E-state index in [1.807, 2.05) is 36.4 Å². The topological polar surface area (TPSA) is 0 Å². The van der Waals surface area contributed by atoms with Gasteiger partial charge in [-0.15, -0.1) is 0 Å². The first-order valence-electron chi connectivity index (χ1n) is 5.73. The largest absolute Gasteiger partial charge is 0.207 e. The Morgan fingerprint density at radius 1 is 0.882 bits per heavy atom. The first-order valence-corrected chi connectivity index (χ1v) is 6.11. The van der Waals surface area contributed by atoms with Gasteiger partial charge in [-0.2, -0.15) is 0 Å². The summed E-state index contributed by atoms with van der Waals surface area (Å²) in [6.07, 6.45) is 2.67. The Kier molecular flexibility index (Phi) is 4.16. The van der Waals surface area contributed by atoms with E-state index in [0.29, 0.717) is 0 Å². The van der Waals surface area contributed by atoms with Gasteiger partial charge in [0.25, 0.3) is 0 Å². The van der Waals surface area contributed by atoms with E-state index in [1.165, 1.54) is 11.6 Å². The van der Waals surface area contributed by atoms with Crippen LogP contribution in [0, 0.1) is 5.82 Å². The SMILES string of the molecule is Fc1ccccc1CCCc1ccc(Cl)cc1. The van der Waals surface area contributed by atoms with Crippen molar-refractivity contribution < 1.29 is 4.39 Å². The first kappa shape index (κ1) is 12.1. The Balaban J connectivity index is 1.88. The van der Waals surface area contributed by atoms with Crippen molar-refractivity contribution in [1.29, 1.82) is 0 Å². The van der Waals surface area contributed by atoms with E-state index < -0.39 is 0 Å². The van der Waals surface area contributed by atoms with Crippen LogP contribution < -0.4 is 0 Å². The van der Waals surface area contributed by atoms with Crippen molar-refractivity contribution in [3.8, 4) is 0 Å². The van der Waals surface area contributed by atoms with Gasteiger partial charge in [0.05, 0.1) is 0 Å². The van der Waals surface area contributed by atoms with Gasteiger partial charge in [0, 0.05) is 5.02 Å². The number of halogens is 2. The molecule has 0 aliphatic carbocycles. The van der Waals surface area contributed by atoms with E-state index in [1.54, 1.807) is 6.07 Å². The van der Waals surface area contributed by atoms with Crippen LogP contribution in [0.5, 0.6) is 0 Å². The molecule has 0 fully saturated rings. The van der Waals surface area contributed by atoms with E-state index in [-0.39, 0.29) is 5.82 Å². The van der Waals surface area contributed by atoms with E-state index in [2.05, 4.69) is 0 Å². The molecule has 0 N–H and O–H groups in total. The molecular weight excluding hydrogens is 235 g/mol. The van der Waals surface area contributed by atoms with Crippen molar-refractivity contribution in [1.82, 2.24) is 0 Å². The van der Waals surface area contributed by atoms with Crippen LogP contribution in [0.1, 0.15) is 17.5 Å². The van der Waals surface area contributed by atoms with E-state index >= 15 is 0 Å². The fraction of sp³-hybridized carbons (Fsp3) is 0.200. The minimum atomic E-state index is -0.108. The lowest BCUT2D eigenvalue weighted by Crippen LogP contribution is -1.93. The molecule has 88 valence electrons. The van der Waals surface area contributed by atoms with E-state index in [9.17, 15) is 4.39 Å². The van der Waals surface area contributed by atoms with Crippen LogP contribution in [0.25, 0.3) is 0 Å². The van der Waals surface area contributed by atoms with Crippen molar-refractivity contribution in [3.63, 3.8) is 0 Å². The molecule has 0 saturated heterocycles. The van der Waals surface area contributed by atoms with Gasteiger partial charge in [0.1, 0.15) is 5.82 Å². The third kappa shape index (κ3) is 3.57. The molecule has 0 spiro atoms. The van der Waals surface area contributed by atoms with Gasteiger partial charge in [0.15, 0.2) is 0 Å². The number of hydrogen-bond acceptors (Lipinski definition) is 0. The molecule has 0 aromatic heterocycles. The van der Waals surface area contributed by atoms with Gasteiger partial charge in [-0.25, -0.2) is 4.39 Å². The second-order valence-electron chi connectivity index (χ2n) is 4.07. The highest BCUT2D eigenvalue weighted by molar-refractivity contribution is 6.30. The summed E-state index contributed by atoms with van der Waals surface area (Å²) in [5.41, 5.74) is 2.03. The number of hydrogen-bond donors (Lipinski definition) is 0. The Hall–Kier alpha value is -1.34. The fourth-order valence-corrected chi connectivity index (χ4v) is 1.96. The van der Waals surface area contributed by atoms with Crippen LogP contribution in [-0.4, -0.2) is 0 Å². The fourth-order valence-electron chi connectivity index (χ4n) is 1.84. The van der Waals surface area contributed by atoms with Gasteiger partial charge in [0.2, 0.25) is 0 Å². The number of benzene rings is 2. The maximum absolute atomic E-state index is 13.4. The van der Waals surface area contributed by atoms with Crippen molar-refractivity contribution in [2.45, 2.75) is 19.3 Å². The number of aryl methyl sites for hydroxylation is 2. The van der Waals surface area contributed by atoms with Crippen LogP contribution in [0.15, 0.2) is 48.5 Å². The molecule has 17 heavy (non-hydrogen) atoms. The van der Waals surface area contributed by atoms with Crippen LogP contribution in [-0.2, 0) is 12.8 Å². The molecule has 2 aromatic rings. The predicted molar refractivity (Wildman–Crippen MR) is 69.9 cm³/mol. The molecular formula is C15H14ClF. The maximum Gasteiger partial charge on any atom is 0.126 e. The zero-order valence-electron chi connectivity index (χ0n) is 9.50. The third-order valence-corrected chi connectivity index (χ3v) is 3.03. The average molecular weight is 249 g/mol. The van der Waals surface area contributed by atoms with Crippen LogP contribution in [0.2, 0.25) is 5.02 Å². The molecule has 0 radical (unpaired) electrons. The summed E-state index contributed by atoms with van der Waals surface area (Å²) >= 11 is 5.81. The molecule has 0 nitrogen and oxygen atoms in total. The van der Waals surface area contributed by atoms with E-state index in [4.69, 9.17) is 11.6 Å². The van der Waals surface area contributed by atoms with Crippen LogP contribution in [0.4, 0.5) is 4.39 Å². The predicted octanol–water partition coefficient (Wildman–Crippen LogP) is 4.65. The van der Waals surface area contributed by atoms with Crippen LogP contribution in [0.3, 0.4) is 0 Å². The molecule has 0 amide bonds. The first-order chi connectivity index (χ1) is 8.25. The van der Waals surface area contributed by atoms with Crippen molar-refractivity contribution >= 4 is 11.6 Å². The van der Waals surface area contributed by atoms with Crippen molar-refractivity contribution in [2.75, 3.05) is 0 Å². The van der Waals surface area contributed by atoms with Gasteiger partial charge < -0.3 is 0 Å². The zero-order valence-corrected chi connectivity index (χ0v) is 10.3. The highest BCUT2D eigenvalue weighted by atomic mass is 35.5. The van der Waals surface area contributed by atoms with Crippen LogP contribution >= 0.6 is 11.6 Å². The quantitative estimate of drug-likeness (QED) is 0.739. The van der Waals surface area contributed by atoms with Gasteiger partial charge >= 0.3 is 0 Å². The monoisotopic (exact) mass is 248 g/mol. The highest BCUT2D eigenvalue weighted by Crippen LogP contribution is 2.14. The van der Waals surface area contributed by atoms with Crippen molar-refractivity contribution in [3.05, 3.63) is 70.5 Å². The van der Waals surface area contributed by atoms with Gasteiger partial charge in [-0.3, -0.25) is 0 Å². The summed E-state index contributed by atoms with van der Waals surface area (Å²) in [4.78, 5) is 0. The molecule has 0 atom stereocenters. The van der Waals surface area contributed by atoms with Crippen molar-refractivity contribution in [2.24, 2.45) is 0 Å². The third-order valence-electron chi connectivity index (χ3n) is 2.78. The summed E-state index contributed by atoms with van der Waals surface area (Å²) in [7, 11) is 0. The van der Waals surface area contributed by atoms with Gasteiger partial charge in [-0.05, 0) is 48.6 Å². The molecule has 0 unspecified atom stereocenters.